The fraction of sp³-hybridized carbons (Fsp3) is 0.667. The van der Waals surface area contributed by atoms with Gasteiger partial charge in [0.2, 0.25) is 0 Å². The third kappa shape index (κ3) is 18.8. The lowest BCUT2D eigenvalue weighted by molar-refractivity contribution is -0.147. The Kier molecular flexibility index (Phi) is 17.9. The second-order valence-corrected chi connectivity index (χ2v) is 6.21. The Morgan fingerprint density at radius 1 is 0.920 bits per heavy atom. The first kappa shape index (κ1) is 23.6. The maximum atomic E-state index is 11.4. The Labute approximate surface area is 153 Å². The van der Waals surface area contributed by atoms with Crippen LogP contribution in [0.25, 0.3) is 0 Å². The molecular formula is C21H36O4. The van der Waals surface area contributed by atoms with Gasteiger partial charge in [-0.3, -0.25) is 4.79 Å². The highest BCUT2D eigenvalue weighted by Crippen LogP contribution is 2.08. The van der Waals surface area contributed by atoms with E-state index in [1.54, 1.807) is 0 Å². The molecule has 0 rings (SSSR count). The predicted molar refractivity (Wildman–Crippen MR) is 103 cm³/mol. The lowest BCUT2D eigenvalue weighted by Gasteiger charge is -2.08. The van der Waals surface area contributed by atoms with Crippen LogP contribution in [0.5, 0.6) is 0 Å². The molecule has 0 saturated heterocycles. The summed E-state index contributed by atoms with van der Waals surface area (Å²) in [6, 6.07) is 0. The van der Waals surface area contributed by atoms with Gasteiger partial charge in [0.15, 0.2) is 0 Å². The lowest BCUT2D eigenvalue weighted by Crippen LogP contribution is -2.21. The van der Waals surface area contributed by atoms with E-state index in [0.717, 1.165) is 32.1 Å². The number of carbonyl (C=O) groups excluding carboxylic acids is 1. The quantitative estimate of drug-likeness (QED) is 0.244. The van der Waals surface area contributed by atoms with Crippen LogP contribution in [-0.2, 0) is 9.53 Å². The van der Waals surface area contributed by atoms with Crippen molar-refractivity contribution in [1.29, 1.82) is 0 Å². The second-order valence-electron chi connectivity index (χ2n) is 6.21. The molecule has 0 aliphatic heterocycles. The Bertz CT molecular complexity index is 385. The van der Waals surface area contributed by atoms with Crippen molar-refractivity contribution in [2.45, 2.75) is 77.2 Å². The molecule has 0 spiro atoms. The number of hydrogen-bond acceptors (Lipinski definition) is 4. The van der Waals surface area contributed by atoms with Crippen molar-refractivity contribution in [3.05, 3.63) is 36.5 Å². The summed E-state index contributed by atoms with van der Waals surface area (Å²) in [6.07, 6.45) is 22.2. The molecular weight excluding hydrogens is 316 g/mol. The van der Waals surface area contributed by atoms with E-state index in [-0.39, 0.29) is 19.2 Å². The topological polar surface area (TPSA) is 66.8 Å². The van der Waals surface area contributed by atoms with E-state index in [1.165, 1.54) is 25.7 Å². The van der Waals surface area contributed by atoms with Crippen LogP contribution in [0.2, 0.25) is 0 Å². The summed E-state index contributed by atoms with van der Waals surface area (Å²) in [7, 11) is 0. The van der Waals surface area contributed by atoms with Gasteiger partial charge in [-0.25, -0.2) is 0 Å². The van der Waals surface area contributed by atoms with Gasteiger partial charge in [0, 0.05) is 6.42 Å². The van der Waals surface area contributed by atoms with E-state index < -0.39 is 6.10 Å². The van der Waals surface area contributed by atoms with Crippen LogP contribution in [0, 0.1) is 0 Å². The molecule has 0 aliphatic rings. The first-order chi connectivity index (χ1) is 12.2. The highest BCUT2D eigenvalue weighted by atomic mass is 16.5. The fourth-order valence-electron chi connectivity index (χ4n) is 2.18. The number of aliphatic hydroxyl groups excluding tert-OH is 2. The van der Waals surface area contributed by atoms with E-state index in [1.807, 2.05) is 0 Å². The van der Waals surface area contributed by atoms with Crippen molar-refractivity contribution < 1.29 is 19.7 Å². The standard InChI is InChI=1S/C21H36O4/c1-2-3-4-5-6-7-8-9-10-11-12-13-14-15-16-17-21(24)25-19-20(23)18-22/h5-10,20,22-23H,2-4,11-19H2,1H3/b6-5+,8-7+,10-9+. The minimum atomic E-state index is -0.969. The number of hydrogen-bond donors (Lipinski definition) is 2. The van der Waals surface area contributed by atoms with Gasteiger partial charge in [0.1, 0.15) is 12.7 Å². The summed E-state index contributed by atoms with van der Waals surface area (Å²) in [4.78, 5) is 11.4. The molecule has 4 heteroatoms. The van der Waals surface area contributed by atoms with Crippen LogP contribution in [0.4, 0.5) is 0 Å². The normalized spacial score (nSPS) is 13.2. The summed E-state index contributed by atoms with van der Waals surface area (Å²) in [6.45, 7) is 1.70. The molecule has 0 amide bonds. The minimum Gasteiger partial charge on any atom is -0.463 e. The molecule has 4 nitrogen and oxygen atoms in total. The molecule has 2 N–H and O–H groups in total. The van der Waals surface area contributed by atoms with Gasteiger partial charge in [0.25, 0.3) is 0 Å². The summed E-state index contributed by atoms with van der Waals surface area (Å²) < 4.78 is 4.84. The van der Waals surface area contributed by atoms with Gasteiger partial charge in [0.05, 0.1) is 6.61 Å². The van der Waals surface area contributed by atoms with Gasteiger partial charge in [-0.15, -0.1) is 0 Å². The summed E-state index contributed by atoms with van der Waals surface area (Å²) in [5, 5.41) is 17.7. The van der Waals surface area contributed by atoms with Gasteiger partial charge in [-0.1, -0.05) is 75.5 Å². The molecule has 1 unspecified atom stereocenters. The van der Waals surface area contributed by atoms with Crippen LogP contribution in [0.1, 0.15) is 71.1 Å². The highest BCUT2D eigenvalue weighted by Gasteiger charge is 2.07. The average molecular weight is 353 g/mol. The first-order valence-corrected chi connectivity index (χ1v) is 9.63. The van der Waals surface area contributed by atoms with Crippen molar-refractivity contribution in [2.24, 2.45) is 0 Å². The summed E-state index contributed by atoms with van der Waals surface area (Å²) >= 11 is 0. The Morgan fingerprint density at radius 2 is 1.52 bits per heavy atom. The molecule has 0 aromatic rings. The van der Waals surface area contributed by atoms with Crippen LogP contribution < -0.4 is 0 Å². The summed E-state index contributed by atoms with van der Waals surface area (Å²) in [5.74, 6) is -0.300. The number of unbranched alkanes of at least 4 members (excludes halogenated alkanes) is 7. The van der Waals surface area contributed by atoms with Crippen LogP contribution in [0.15, 0.2) is 36.5 Å². The number of esters is 1. The predicted octanol–water partition coefficient (Wildman–Crippen LogP) is 4.47. The molecule has 0 bridgehead atoms. The van der Waals surface area contributed by atoms with Crippen LogP contribution >= 0.6 is 0 Å². The number of allylic oxidation sites excluding steroid dienone is 6. The number of carbonyl (C=O) groups is 1. The Balaban J connectivity index is 3.38. The Hall–Kier alpha value is -1.39. The molecule has 0 aromatic heterocycles. The monoisotopic (exact) mass is 352 g/mol. The van der Waals surface area contributed by atoms with Crippen LogP contribution in [0.3, 0.4) is 0 Å². The molecule has 25 heavy (non-hydrogen) atoms. The Morgan fingerprint density at radius 3 is 2.16 bits per heavy atom. The zero-order chi connectivity index (χ0) is 18.6. The third-order valence-corrected chi connectivity index (χ3v) is 3.73. The largest absolute Gasteiger partial charge is 0.463 e. The smallest absolute Gasteiger partial charge is 0.305 e. The number of rotatable bonds is 16. The molecule has 0 saturated carbocycles. The molecule has 0 aromatic carbocycles. The second kappa shape index (κ2) is 18.9. The first-order valence-electron chi connectivity index (χ1n) is 9.63. The molecule has 0 heterocycles. The van der Waals surface area contributed by atoms with E-state index in [0.29, 0.717) is 6.42 Å². The number of aliphatic hydroxyl groups is 2. The molecule has 0 fully saturated rings. The average Bonchev–Trinajstić information content (AvgIpc) is 2.62. The van der Waals surface area contributed by atoms with Crippen molar-refractivity contribution in [2.75, 3.05) is 13.2 Å². The van der Waals surface area contributed by atoms with Gasteiger partial charge < -0.3 is 14.9 Å². The third-order valence-electron chi connectivity index (χ3n) is 3.73. The van der Waals surface area contributed by atoms with Crippen molar-refractivity contribution in [1.82, 2.24) is 0 Å². The van der Waals surface area contributed by atoms with Crippen molar-refractivity contribution in [3.8, 4) is 0 Å². The van der Waals surface area contributed by atoms with Gasteiger partial charge in [-0.2, -0.15) is 0 Å². The van der Waals surface area contributed by atoms with Crippen LogP contribution in [-0.4, -0.2) is 35.5 Å². The maximum Gasteiger partial charge on any atom is 0.305 e. The number of ether oxygens (including phenoxy) is 1. The molecule has 144 valence electrons. The van der Waals surface area contributed by atoms with E-state index in [2.05, 4.69) is 43.4 Å². The zero-order valence-corrected chi connectivity index (χ0v) is 15.7. The van der Waals surface area contributed by atoms with E-state index in [9.17, 15) is 4.79 Å². The zero-order valence-electron chi connectivity index (χ0n) is 15.7. The highest BCUT2D eigenvalue weighted by molar-refractivity contribution is 5.69. The molecule has 0 radical (unpaired) electrons. The van der Waals surface area contributed by atoms with E-state index in [4.69, 9.17) is 14.9 Å². The lowest BCUT2D eigenvalue weighted by atomic mass is 10.1. The summed E-state index contributed by atoms with van der Waals surface area (Å²) in [5.41, 5.74) is 0. The van der Waals surface area contributed by atoms with Gasteiger partial charge >= 0.3 is 5.97 Å². The minimum absolute atomic E-state index is 0.120. The van der Waals surface area contributed by atoms with Crippen molar-refractivity contribution >= 4 is 5.97 Å². The van der Waals surface area contributed by atoms with Crippen molar-refractivity contribution in [3.63, 3.8) is 0 Å². The molecule has 1 atom stereocenters. The fourth-order valence-corrected chi connectivity index (χ4v) is 2.18. The van der Waals surface area contributed by atoms with Gasteiger partial charge in [-0.05, 0) is 25.7 Å². The SMILES string of the molecule is CCCC/C=C/C=C/C=C/CCCCCCCC(=O)OCC(O)CO. The molecule has 0 aliphatic carbocycles. The van der Waals surface area contributed by atoms with E-state index >= 15 is 0 Å². The maximum absolute atomic E-state index is 11.4.